The van der Waals surface area contributed by atoms with Crippen molar-refractivity contribution in [3.63, 3.8) is 0 Å². The summed E-state index contributed by atoms with van der Waals surface area (Å²) in [5.41, 5.74) is 10.3. The number of aliphatic imine (C=N–C) groups is 1. The highest BCUT2D eigenvalue weighted by molar-refractivity contribution is 9.10. The number of amides is 8. The fraction of sp³-hybridized carbons (Fsp3) is 0.656. The third-order valence-electron chi connectivity index (χ3n) is 31.0. The van der Waals surface area contributed by atoms with E-state index in [0.717, 1.165) is 194 Å². The molecule has 16 aliphatic rings. The summed E-state index contributed by atoms with van der Waals surface area (Å²) in [5.74, 6) is -7.26. The van der Waals surface area contributed by atoms with Crippen LogP contribution in [0.3, 0.4) is 0 Å². The minimum atomic E-state index is -2.70. The smallest absolute Gasteiger partial charge is 0.325 e. The van der Waals surface area contributed by atoms with Crippen LogP contribution in [0.1, 0.15) is 194 Å². The Hall–Kier alpha value is -8.02. The summed E-state index contributed by atoms with van der Waals surface area (Å²) < 4.78 is 130. The lowest BCUT2D eigenvalue weighted by Crippen LogP contribution is -2.56. The number of urea groups is 2. The van der Waals surface area contributed by atoms with E-state index < -0.39 is 62.9 Å². The molecule has 0 radical (unpaired) electrons. The Kier molecular flexibility index (Phi) is 29.1. The van der Waals surface area contributed by atoms with Crippen molar-refractivity contribution in [1.29, 1.82) is 0 Å². The fourth-order valence-corrected chi connectivity index (χ4v) is 24.5. The fourth-order valence-electron chi connectivity index (χ4n) is 23.9. The second-order valence-corrected chi connectivity index (χ2v) is 40.4. The van der Waals surface area contributed by atoms with Gasteiger partial charge in [0.25, 0.3) is 47.3 Å². The van der Waals surface area contributed by atoms with Gasteiger partial charge >= 0.3 is 12.1 Å². The summed E-state index contributed by atoms with van der Waals surface area (Å²) in [4.78, 5) is 98.2. The number of carbonyl (C=O) groups excluding carboxylic acids is 6. The number of imide groups is 2. The molecule has 7 saturated heterocycles. The first-order chi connectivity index (χ1) is 61.8. The molecule has 28 nitrogen and oxygen atoms in total. The molecule has 8 heterocycles. The van der Waals surface area contributed by atoms with Gasteiger partial charge in [-0.2, -0.15) is 0 Å². The van der Waals surface area contributed by atoms with E-state index in [0.29, 0.717) is 36.9 Å². The van der Waals surface area contributed by atoms with Gasteiger partial charge in [0.05, 0.1) is 56.2 Å². The number of hydrogen-bond acceptors (Lipinski definition) is 22. The molecule has 8 amide bonds. The molecule has 4 aromatic carbocycles. The first-order valence-electron chi connectivity index (χ1n) is 45.1. The number of hydrogen-bond donors (Lipinski definition) is 9. The highest BCUT2D eigenvalue weighted by Gasteiger charge is 2.72. The highest BCUT2D eigenvalue weighted by atomic mass is 79.9. The van der Waals surface area contributed by atoms with Crippen molar-refractivity contribution in [1.82, 2.24) is 40.9 Å². The number of carbonyl (C=O) groups is 6. The number of rotatable bonds is 7. The number of alkyl halides is 8. The van der Waals surface area contributed by atoms with Crippen LogP contribution in [0.5, 0.6) is 0 Å². The van der Waals surface area contributed by atoms with Gasteiger partial charge in [0, 0.05) is 159 Å². The number of aliphatic hydroxyl groups is 1. The Balaban J connectivity index is 0.000000140. The van der Waals surface area contributed by atoms with Gasteiger partial charge in [0.15, 0.2) is 33.2 Å². The van der Waals surface area contributed by atoms with Gasteiger partial charge in [-0.1, -0.05) is 40.2 Å². The third kappa shape index (κ3) is 17.9. The number of anilines is 3. The maximum atomic E-state index is 13.8. The zero-order valence-corrected chi connectivity index (χ0v) is 79.1. The molecule has 38 heteroatoms. The highest BCUT2D eigenvalue weighted by Crippen LogP contribution is 2.66. The standard InChI is InChI=1S/C22H28F2N4O2.C22H27F2N3O3.C22H27F2N3O2S.C18H21BrN2O3.C4H7F2N.C4H10O2.CH4O.H3NO/c1-27-18(29)22(26-19(27)25)17-11-15(28-10-9-21(23,24)13-28)4-3-14(17)12-20(22)7-5-16(30-2)6-8-20;1-26-18(28)22(25-19(26)29)17-11-15(27-10-9-21(23,24)13-27)4-3-14(17)12-20(22)7-5-16(30-2)6-8-20;1-26-18(28)22(25-19(26)30)17-11-15(27-10-9-21(23,24)13-27)4-3-14(17)12-20(22)7-5-16(29-2)6-8-20;1-21-15(22)18(20-16(21)23)14-9-12(19)4-3-11(14)10-17(18)7-5-13(24-2)6-8-17;5-4(6)1-2-7-3-4;1-4(2,3)6-5;2*1-2/h3-4,11,16H,5-10,12-13H2,1-2H3,(H2,25,26);3-4,11,16H,5-10,12-13H2,1-2H3,(H,25,29);3-4,11,16H,5-10,12-13H2,1-2H3,(H,25,30);3-4,9,13H,5-8,10H2,1-2H3,(H,20,23);7H,1-3H2;5H,1-3H3;2H,1H3;2H,1H2. The van der Waals surface area contributed by atoms with Crippen LogP contribution in [-0.4, -0.2) is 252 Å². The quantitative estimate of drug-likeness (QED) is 0.0273. The zero-order valence-electron chi connectivity index (χ0n) is 76.7. The molecule has 8 spiro atoms. The largest absolute Gasteiger partial charge is 0.400 e. The molecule has 8 aliphatic heterocycles. The van der Waals surface area contributed by atoms with E-state index >= 15 is 0 Å². The van der Waals surface area contributed by atoms with Gasteiger partial charge in [-0.05, 0) is 254 Å². The monoisotopic (exact) mass is 1930 g/mol. The molecule has 8 aliphatic carbocycles. The average Bonchev–Trinajstić information content (AvgIpc) is 1.54. The molecule has 4 aromatic rings. The van der Waals surface area contributed by atoms with Crippen LogP contribution < -0.4 is 47.6 Å². The van der Waals surface area contributed by atoms with Crippen LogP contribution in [0.25, 0.3) is 0 Å². The second-order valence-electron chi connectivity index (χ2n) is 39.1. The van der Waals surface area contributed by atoms with Crippen molar-refractivity contribution in [3.8, 4) is 0 Å². The number of nitrogens with one attached hydrogen (secondary N) is 4. The summed E-state index contributed by atoms with van der Waals surface area (Å²) in [6.45, 7) is 5.65. The van der Waals surface area contributed by atoms with Crippen LogP contribution in [0, 0.1) is 21.7 Å². The van der Waals surface area contributed by atoms with Crippen LogP contribution in [0.4, 0.5) is 61.8 Å². The zero-order chi connectivity index (χ0) is 95.6. The number of guanidine groups is 1. The van der Waals surface area contributed by atoms with E-state index in [1.54, 1.807) is 85.1 Å². The maximum absolute atomic E-state index is 13.8. The number of thiocarbonyl (C=S) groups is 1. The topological polar surface area (TPSA) is 344 Å². The predicted octanol–water partition coefficient (Wildman–Crippen LogP) is 12.7. The number of halogens is 9. The molecule has 4 saturated carbocycles. The molecule has 722 valence electrons. The summed E-state index contributed by atoms with van der Waals surface area (Å²) in [7, 11) is 14.4. The minimum absolute atomic E-state index is 0.00694. The Morgan fingerprint density at radius 2 is 0.756 bits per heavy atom. The first-order valence-corrected chi connectivity index (χ1v) is 46.3. The van der Waals surface area contributed by atoms with Crippen LogP contribution in [0.15, 0.2) is 82.3 Å². The number of methoxy groups -OCH3 is 4. The van der Waals surface area contributed by atoms with E-state index in [1.165, 1.54) is 21.7 Å². The van der Waals surface area contributed by atoms with E-state index in [2.05, 4.69) is 54.0 Å². The lowest BCUT2D eigenvalue weighted by molar-refractivity contribution is -0.306. The Morgan fingerprint density at radius 3 is 1.02 bits per heavy atom. The van der Waals surface area contributed by atoms with Crippen molar-refractivity contribution >= 4 is 92.0 Å². The molecule has 20 rings (SSSR count). The van der Waals surface area contributed by atoms with E-state index in [4.69, 9.17) is 57.5 Å². The minimum Gasteiger partial charge on any atom is -0.400 e. The van der Waals surface area contributed by atoms with Gasteiger partial charge in [-0.3, -0.25) is 44.0 Å². The SMILES string of the molecule is CC(C)(C)OO.CO.COC1CCC2(CC1)Cc1ccc(Br)cc1C21NC(=O)N(C)C1=O.COC1CCC2(CC1)Cc1ccc(N3CCC(F)(F)C3)cc1C21N=C(N)N(C)C1=O.COC1CCC2(CC1)Cc1ccc(N3CCC(F)(F)C3)cc1C21NC(=O)N(C)C1=O.COC1CCC2(CC1)Cc1ccc(N3CCC(F)(F)C3)cc1C21NC(=S)N(C)C1=O.FC1(F)CCNC1.NO. The number of nitrogens with two attached hydrogens (primary N) is 2. The van der Waals surface area contributed by atoms with Crippen molar-refractivity contribution in [2.45, 2.75) is 251 Å². The summed E-state index contributed by atoms with van der Waals surface area (Å²) >= 11 is 9.01. The summed E-state index contributed by atoms with van der Waals surface area (Å²) in [6, 6.07) is 22.8. The lowest BCUT2D eigenvalue weighted by atomic mass is 9.61. The van der Waals surface area contributed by atoms with Gasteiger partial charge in [-0.25, -0.2) is 60.5 Å². The molecule has 131 heavy (non-hydrogen) atoms. The lowest BCUT2D eigenvalue weighted by Gasteiger charge is -2.46. The normalized spacial score (nSPS) is 32.5. The Labute approximate surface area is 773 Å². The van der Waals surface area contributed by atoms with Crippen molar-refractivity contribution in [2.75, 3.05) is 131 Å². The van der Waals surface area contributed by atoms with Crippen molar-refractivity contribution in [3.05, 3.63) is 122 Å². The Bertz CT molecular complexity index is 4810. The van der Waals surface area contributed by atoms with Crippen LogP contribution in [-0.2, 0) is 90.9 Å². The third-order valence-corrected chi connectivity index (χ3v) is 31.8. The van der Waals surface area contributed by atoms with E-state index in [1.807, 2.05) is 66.7 Å². The molecule has 0 bridgehead atoms. The molecule has 0 aromatic heterocycles. The summed E-state index contributed by atoms with van der Waals surface area (Å²) in [6.07, 6.45) is 17.0. The number of nitrogens with zero attached hydrogens (tertiary/aromatic N) is 8. The maximum Gasteiger partial charge on any atom is 0.325 e. The predicted molar refractivity (Wildman–Crippen MR) is 483 cm³/mol. The number of fused-ring (bicyclic) bond motifs is 12. The number of ether oxygens (including phenoxy) is 4. The Morgan fingerprint density at radius 1 is 0.443 bits per heavy atom. The van der Waals surface area contributed by atoms with E-state index in [9.17, 15) is 63.9 Å². The number of benzene rings is 4. The molecule has 11 N–H and O–H groups in total. The molecular formula is C93H127BrF8N14O14S. The van der Waals surface area contributed by atoms with Crippen LogP contribution >= 0.6 is 28.1 Å². The number of aliphatic hydroxyl groups excluding tert-OH is 1. The van der Waals surface area contributed by atoms with Gasteiger partial charge in [0.2, 0.25) is 0 Å². The first kappa shape index (κ1) is 100. The van der Waals surface area contributed by atoms with Crippen LogP contribution in [0.2, 0.25) is 0 Å². The van der Waals surface area contributed by atoms with Crippen molar-refractivity contribution in [2.24, 2.45) is 38.3 Å². The molecule has 4 atom stereocenters. The second kappa shape index (κ2) is 37.9. The molecule has 4 unspecified atom stereocenters. The average molecular weight is 1930 g/mol. The summed E-state index contributed by atoms with van der Waals surface area (Å²) in [5, 5.41) is 33.9. The van der Waals surface area contributed by atoms with Gasteiger partial charge in [-0.15, -0.1) is 0 Å². The van der Waals surface area contributed by atoms with Gasteiger partial charge < -0.3 is 71.0 Å². The molecule has 11 fully saturated rings. The van der Waals surface area contributed by atoms with E-state index in [-0.39, 0.29) is 135 Å². The van der Waals surface area contributed by atoms with Gasteiger partial charge in [0.1, 0.15) is 0 Å². The number of likely N-dealkylation sites (N-methyl/N-ethyl adjacent to an activating group) is 4. The molecular weight excluding hydrogens is 1800 g/mol. The van der Waals surface area contributed by atoms with Crippen molar-refractivity contribution < 1.29 is 103 Å².